The minimum atomic E-state index is -1.31. The second-order valence-electron chi connectivity index (χ2n) is 5.16. The molecule has 0 aliphatic heterocycles. The van der Waals surface area contributed by atoms with E-state index in [4.69, 9.17) is 15.3 Å². The monoisotopic (exact) mass is 343 g/mol. The maximum Gasteiger partial charge on any atom is 0.335 e. The second-order valence-corrected chi connectivity index (χ2v) is 5.16. The number of carbonyl (C=O) groups excluding carboxylic acids is 1. The summed E-state index contributed by atoms with van der Waals surface area (Å²) in [5.74, 6) is -4.29. The van der Waals surface area contributed by atoms with Crippen LogP contribution in [0.15, 0.2) is 36.4 Å². The van der Waals surface area contributed by atoms with Crippen LogP contribution in [0.3, 0.4) is 0 Å². The van der Waals surface area contributed by atoms with Crippen molar-refractivity contribution >= 4 is 29.5 Å². The quantitative estimate of drug-likeness (QED) is 0.653. The first-order valence-electron chi connectivity index (χ1n) is 6.96. The number of carboxylic acid groups (broad SMARTS) is 3. The lowest BCUT2D eigenvalue weighted by atomic mass is 9.97. The molecule has 0 heterocycles. The molecule has 8 heteroatoms. The summed E-state index contributed by atoms with van der Waals surface area (Å²) >= 11 is 0. The molecule has 2 aromatic carbocycles. The van der Waals surface area contributed by atoms with Crippen molar-refractivity contribution in [2.75, 3.05) is 5.32 Å². The number of rotatable bonds is 5. The summed E-state index contributed by atoms with van der Waals surface area (Å²) in [6.45, 7) is 1.23. The molecule has 2 aromatic rings. The fourth-order valence-corrected chi connectivity index (χ4v) is 2.25. The maximum absolute atomic E-state index is 11.4. The van der Waals surface area contributed by atoms with Crippen molar-refractivity contribution in [3.63, 3.8) is 0 Å². The zero-order valence-corrected chi connectivity index (χ0v) is 12.9. The Labute approximate surface area is 141 Å². The summed E-state index contributed by atoms with van der Waals surface area (Å²) < 4.78 is 0. The number of hydrogen-bond acceptors (Lipinski definition) is 4. The topological polar surface area (TPSA) is 141 Å². The van der Waals surface area contributed by atoms with Gasteiger partial charge in [0.2, 0.25) is 5.91 Å². The Balaban J connectivity index is 2.71. The summed E-state index contributed by atoms with van der Waals surface area (Å²) in [6, 6.07) is 7.37. The smallest absolute Gasteiger partial charge is 0.335 e. The maximum atomic E-state index is 11.4. The highest BCUT2D eigenvalue weighted by atomic mass is 16.4. The lowest BCUT2D eigenvalue weighted by molar-refractivity contribution is -0.114. The molecule has 0 saturated carbocycles. The van der Waals surface area contributed by atoms with Crippen molar-refractivity contribution in [1.29, 1.82) is 0 Å². The van der Waals surface area contributed by atoms with E-state index in [1.165, 1.54) is 37.3 Å². The number of benzene rings is 2. The Kier molecular flexibility index (Phi) is 4.83. The SMILES string of the molecule is CC(=O)Nc1cc(C(=O)O)ccc1-c1cc(C(=O)O)cc(C(=O)O)c1. The fraction of sp³-hybridized carbons (Fsp3) is 0.0588. The van der Waals surface area contributed by atoms with E-state index in [2.05, 4.69) is 5.32 Å². The van der Waals surface area contributed by atoms with E-state index in [9.17, 15) is 19.2 Å². The number of hydrogen-bond donors (Lipinski definition) is 4. The predicted molar refractivity (Wildman–Crippen MR) is 87.1 cm³/mol. The van der Waals surface area contributed by atoms with Crippen LogP contribution in [0.5, 0.6) is 0 Å². The summed E-state index contributed by atoms with van der Waals surface area (Å²) in [5, 5.41) is 29.8. The average Bonchev–Trinajstić information content (AvgIpc) is 2.53. The molecule has 25 heavy (non-hydrogen) atoms. The predicted octanol–water partition coefficient (Wildman–Crippen LogP) is 2.41. The number of carboxylic acids is 3. The Bertz CT molecular complexity index is 870. The van der Waals surface area contributed by atoms with E-state index in [-0.39, 0.29) is 27.9 Å². The van der Waals surface area contributed by atoms with E-state index in [1.807, 2.05) is 0 Å². The standard InChI is InChI=1S/C17H13NO7/c1-8(19)18-14-7-9(15(20)21)2-3-13(14)10-4-11(16(22)23)6-12(5-10)17(24)25/h2-7H,1H3,(H,18,19)(H,20,21)(H,22,23)(H,24,25). The Morgan fingerprint density at radius 2 is 1.28 bits per heavy atom. The van der Waals surface area contributed by atoms with Gasteiger partial charge in [-0.1, -0.05) is 6.07 Å². The third-order valence-corrected chi connectivity index (χ3v) is 3.32. The van der Waals surface area contributed by atoms with Crippen LogP contribution in [-0.4, -0.2) is 39.1 Å². The van der Waals surface area contributed by atoms with Crippen LogP contribution in [0.2, 0.25) is 0 Å². The molecular weight excluding hydrogens is 330 g/mol. The molecule has 4 N–H and O–H groups in total. The van der Waals surface area contributed by atoms with E-state index < -0.39 is 23.8 Å². The van der Waals surface area contributed by atoms with Crippen LogP contribution >= 0.6 is 0 Å². The number of carbonyl (C=O) groups is 4. The van der Waals surface area contributed by atoms with Crippen molar-refractivity contribution in [3.8, 4) is 11.1 Å². The Hall–Kier alpha value is -3.68. The van der Waals surface area contributed by atoms with Crippen LogP contribution in [0.1, 0.15) is 38.0 Å². The molecule has 0 saturated heterocycles. The van der Waals surface area contributed by atoms with Gasteiger partial charge in [0.1, 0.15) is 0 Å². The molecule has 0 fully saturated rings. The molecular formula is C17H13NO7. The molecule has 0 radical (unpaired) electrons. The summed E-state index contributed by atoms with van der Waals surface area (Å²) in [5.41, 5.74) is 0.0763. The molecule has 0 aliphatic carbocycles. The highest BCUT2D eigenvalue weighted by Gasteiger charge is 2.16. The third kappa shape index (κ3) is 3.99. The van der Waals surface area contributed by atoms with Crippen LogP contribution in [0, 0.1) is 0 Å². The van der Waals surface area contributed by atoms with Gasteiger partial charge in [0.25, 0.3) is 0 Å². The average molecular weight is 343 g/mol. The van der Waals surface area contributed by atoms with Gasteiger partial charge >= 0.3 is 17.9 Å². The van der Waals surface area contributed by atoms with Gasteiger partial charge in [-0.15, -0.1) is 0 Å². The van der Waals surface area contributed by atoms with Gasteiger partial charge in [-0.3, -0.25) is 4.79 Å². The van der Waals surface area contributed by atoms with Crippen molar-refractivity contribution < 1.29 is 34.5 Å². The first-order valence-corrected chi connectivity index (χ1v) is 6.96. The Morgan fingerprint density at radius 1 is 0.760 bits per heavy atom. The summed E-state index contributed by atoms with van der Waals surface area (Å²) in [4.78, 5) is 44.9. The van der Waals surface area contributed by atoms with E-state index in [0.717, 1.165) is 6.07 Å². The van der Waals surface area contributed by atoms with Gasteiger partial charge in [0.15, 0.2) is 0 Å². The molecule has 0 aromatic heterocycles. The van der Waals surface area contributed by atoms with Crippen LogP contribution < -0.4 is 5.32 Å². The molecule has 0 unspecified atom stereocenters. The lowest BCUT2D eigenvalue weighted by Gasteiger charge is -2.13. The lowest BCUT2D eigenvalue weighted by Crippen LogP contribution is -2.09. The minimum absolute atomic E-state index is 0.0830. The number of amides is 1. The van der Waals surface area contributed by atoms with Gasteiger partial charge < -0.3 is 20.6 Å². The molecule has 2 rings (SSSR count). The molecule has 1 amide bonds. The molecule has 128 valence electrons. The minimum Gasteiger partial charge on any atom is -0.478 e. The molecule has 8 nitrogen and oxygen atoms in total. The summed E-state index contributed by atoms with van der Waals surface area (Å²) in [6.07, 6.45) is 0. The highest BCUT2D eigenvalue weighted by Crippen LogP contribution is 2.31. The number of anilines is 1. The molecule has 0 atom stereocenters. The van der Waals surface area contributed by atoms with Crippen molar-refractivity contribution in [2.24, 2.45) is 0 Å². The van der Waals surface area contributed by atoms with Crippen LogP contribution in [0.25, 0.3) is 11.1 Å². The molecule has 0 spiro atoms. The van der Waals surface area contributed by atoms with Gasteiger partial charge in [-0.05, 0) is 35.9 Å². The van der Waals surface area contributed by atoms with Gasteiger partial charge in [-0.2, -0.15) is 0 Å². The fourth-order valence-electron chi connectivity index (χ4n) is 2.25. The number of nitrogens with one attached hydrogen (secondary N) is 1. The zero-order chi connectivity index (χ0) is 18.7. The Morgan fingerprint density at radius 3 is 1.72 bits per heavy atom. The molecule has 0 aliphatic rings. The largest absolute Gasteiger partial charge is 0.478 e. The van der Waals surface area contributed by atoms with Gasteiger partial charge in [0, 0.05) is 18.2 Å². The highest BCUT2D eigenvalue weighted by molar-refractivity contribution is 6.00. The zero-order valence-electron chi connectivity index (χ0n) is 12.9. The van der Waals surface area contributed by atoms with Gasteiger partial charge in [0.05, 0.1) is 16.7 Å². The first-order chi connectivity index (χ1) is 11.7. The van der Waals surface area contributed by atoms with E-state index in [0.29, 0.717) is 5.56 Å². The van der Waals surface area contributed by atoms with Crippen LogP contribution in [-0.2, 0) is 4.79 Å². The first kappa shape index (κ1) is 17.7. The van der Waals surface area contributed by atoms with Gasteiger partial charge in [-0.25, -0.2) is 14.4 Å². The second kappa shape index (κ2) is 6.83. The van der Waals surface area contributed by atoms with Crippen molar-refractivity contribution in [1.82, 2.24) is 0 Å². The summed E-state index contributed by atoms with van der Waals surface area (Å²) in [7, 11) is 0. The van der Waals surface area contributed by atoms with E-state index >= 15 is 0 Å². The number of aromatic carboxylic acids is 3. The third-order valence-electron chi connectivity index (χ3n) is 3.32. The van der Waals surface area contributed by atoms with Crippen molar-refractivity contribution in [3.05, 3.63) is 53.1 Å². The molecule has 0 bridgehead atoms. The van der Waals surface area contributed by atoms with Crippen LogP contribution in [0.4, 0.5) is 5.69 Å². The normalized spacial score (nSPS) is 10.1. The van der Waals surface area contributed by atoms with E-state index in [1.54, 1.807) is 0 Å². The van der Waals surface area contributed by atoms with Crippen molar-refractivity contribution in [2.45, 2.75) is 6.92 Å².